The monoisotopic (exact) mass is 450 g/mol. The fourth-order valence-electron chi connectivity index (χ4n) is 2.73. The average Bonchev–Trinajstić information content (AvgIpc) is 2.83. The first kappa shape index (κ1) is 23.5. The minimum Gasteiger partial charge on any atom is -0.490 e. The maximum atomic E-state index is 11.5. The Morgan fingerprint density at radius 3 is 2.70 bits per heavy atom. The highest BCUT2D eigenvalue weighted by atomic mass is 16.5. The van der Waals surface area contributed by atoms with E-state index in [0.717, 1.165) is 12.4 Å². The van der Waals surface area contributed by atoms with Crippen molar-refractivity contribution in [2.75, 3.05) is 50.0 Å². The van der Waals surface area contributed by atoms with E-state index in [1.165, 1.54) is 19.4 Å². The Morgan fingerprint density at radius 2 is 2.00 bits per heavy atom. The molecular weight excluding hydrogens is 424 g/mol. The minimum atomic E-state index is -0.317. The van der Waals surface area contributed by atoms with Crippen molar-refractivity contribution in [1.29, 1.82) is 0 Å². The van der Waals surface area contributed by atoms with Gasteiger partial charge in [-0.3, -0.25) is 4.79 Å². The Balaban J connectivity index is 1.74. The molecule has 1 amide bonds. The van der Waals surface area contributed by atoms with E-state index in [2.05, 4.69) is 32.2 Å². The molecule has 0 atom stereocenters. The fraction of sp³-hybridized carbons (Fsp3) is 0.217. The average molecular weight is 450 g/mol. The van der Waals surface area contributed by atoms with E-state index in [1.807, 2.05) is 24.1 Å². The largest absolute Gasteiger partial charge is 0.490 e. The molecule has 2 heterocycles. The number of nitrogens with one attached hydrogen (secondary N) is 2. The smallest absolute Gasteiger partial charge is 0.267 e. The van der Waals surface area contributed by atoms with E-state index in [1.54, 1.807) is 37.6 Å². The first-order chi connectivity index (χ1) is 16.0. The van der Waals surface area contributed by atoms with E-state index in [0.29, 0.717) is 35.4 Å². The summed E-state index contributed by atoms with van der Waals surface area (Å²) in [6.07, 6.45) is 4.39. The molecule has 0 unspecified atom stereocenters. The summed E-state index contributed by atoms with van der Waals surface area (Å²) >= 11 is 0. The minimum absolute atomic E-state index is 0.214. The van der Waals surface area contributed by atoms with Gasteiger partial charge < -0.3 is 29.7 Å². The number of rotatable bonds is 11. The zero-order chi connectivity index (χ0) is 23.6. The normalized spacial score (nSPS) is 10.3. The van der Waals surface area contributed by atoms with Crippen LogP contribution in [0.2, 0.25) is 0 Å². The van der Waals surface area contributed by atoms with Crippen molar-refractivity contribution in [3.63, 3.8) is 0 Å². The van der Waals surface area contributed by atoms with Crippen LogP contribution in [0.15, 0.2) is 61.4 Å². The van der Waals surface area contributed by atoms with Gasteiger partial charge in [0.25, 0.3) is 5.88 Å². The molecule has 33 heavy (non-hydrogen) atoms. The summed E-state index contributed by atoms with van der Waals surface area (Å²) in [5.74, 6) is 1.85. The highest BCUT2D eigenvalue weighted by molar-refractivity contribution is 5.98. The van der Waals surface area contributed by atoms with E-state index < -0.39 is 0 Å². The first-order valence-electron chi connectivity index (χ1n) is 10.1. The molecule has 3 rings (SSSR count). The van der Waals surface area contributed by atoms with Gasteiger partial charge in [0.05, 0.1) is 31.8 Å². The van der Waals surface area contributed by atoms with Crippen LogP contribution in [0, 0.1) is 0 Å². The molecule has 0 aliphatic carbocycles. The molecule has 3 aromatic rings. The highest BCUT2D eigenvalue weighted by Crippen LogP contribution is 2.31. The van der Waals surface area contributed by atoms with Crippen molar-refractivity contribution in [3.8, 4) is 17.4 Å². The molecule has 0 spiro atoms. The lowest BCUT2D eigenvalue weighted by molar-refractivity contribution is -0.111. The third kappa shape index (κ3) is 6.65. The molecule has 2 N–H and O–H groups in total. The van der Waals surface area contributed by atoms with Gasteiger partial charge in [-0.05, 0) is 30.3 Å². The molecule has 0 saturated heterocycles. The van der Waals surface area contributed by atoms with Crippen LogP contribution in [-0.2, 0) is 9.53 Å². The SMILES string of the molecule is C=CC(=O)Nc1cccc(Oc2nc(Nc3ccc(N(C)CCOC)nc3)ncc2OC)c1. The van der Waals surface area contributed by atoms with Crippen molar-refractivity contribution < 1.29 is 19.0 Å². The Morgan fingerprint density at radius 1 is 1.15 bits per heavy atom. The molecule has 10 heteroatoms. The molecule has 0 aliphatic rings. The molecule has 0 bridgehead atoms. The number of hydrogen-bond donors (Lipinski definition) is 2. The van der Waals surface area contributed by atoms with Crippen molar-refractivity contribution in [1.82, 2.24) is 15.0 Å². The van der Waals surface area contributed by atoms with E-state index in [-0.39, 0.29) is 11.8 Å². The first-order valence-corrected chi connectivity index (χ1v) is 10.1. The maximum Gasteiger partial charge on any atom is 0.267 e. The van der Waals surface area contributed by atoms with Crippen LogP contribution in [0.3, 0.4) is 0 Å². The summed E-state index contributed by atoms with van der Waals surface area (Å²) in [7, 11) is 5.11. The lowest BCUT2D eigenvalue weighted by Gasteiger charge is -2.17. The fourth-order valence-corrected chi connectivity index (χ4v) is 2.73. The lowest BCUT2D eigenvalue weighted by atomic mass is 10.3. The van der Waals surface area contributed by atoms with Crippen molar-refractivity contribution >= 4 is 29.0 Å². The standard InChI is InChI=1S/C23H26N6O4/c1-5-21(30)26-16-7-6-8-18(13-16)33-22-19(32-4)15-25-23(28-22)27-17-9-10-20(24-14-17)29(2)11-12-31-3/h5-10,13-15H,1,11-12H2,2-4H3,(H,26,30)(H,25,27,28). The Hall–Kier alpha value is -4.18. The molecule has 0 aliphatic heterocycles. The lowest BCUT2D eigenvalue weighted by Crippen LogP contribution is -2.22. The van der Waals surface area contributed by atoms with Gasteiger partial charge in [-0.2, -0.15) is 4.98 Å². The van der Waals surface area contributed by atoms with Crippen LogP contribution in [0.25, 0.3) is 0 Å². The van der Waals surface area contributed by atoms with Crippen LogP contribution >= 0.6 is 0 Å². The summed E-state index contributed by atoms with van der Waals surface area (Å²) in [6.45, 7) is 4.79. The molecular formula is C23H26N6O4. The van der Waals surface area contributed by atoms with Gasteiger partial charge in [0.2, 0.25) is 11.9 Å². The van der Waals surface area contributed by atoms with E-state index >= 15 is 0 Å². The number of amides is 1. The van der Waals surface area contributed by atoms with Crippen molar-refractivity contribution in [2.24, 2.45) is 0 Å². The van der Waals surface area contributed by atoms with Gasteiger partial charge >= 0.3 is 0 Å². The molecule has 0 saturated carbocycles. The molecule has 172 valence electrons. The van der Waals surface area contributed by atoms with Gasteiger partial charge in [0.1, 0.15) is 11.6 Å². The number of nitrogens with zero attached hydrogens (tertiary/aromatic N) is 4. The second kappa shape index (κ2) is 11.4. The Kier molecular flexibility index (Phi) is 8.14. The van der Waals surface area contributed by atoms with Crippen LogP contribution in [0.1, 0.15) is 0 Å². The molecule has 1 aromatic carbocycles. The molecule has 2 aromatic heterocycles. The number of pyridine rings is 1. The quantitative estimate of drug-likeness (QED) is 0.423. The zero-order valence-corrected chi connectivity index (χ0v) is 18.7. The third-order valence-electron chi connectivity index (χ3n) is 4.47. The number of anilines is 4. The van der Waals surface area contributed by atoms with E-state index in [9.17, 15) is 4.79 Å². The van der Waals surface area contributed by atoms with Crippen LogP contribution in [0.4, 0.5) is 23.1 Å². The predicted octanol–water partition coefficient (Wildman–Crippen LogP) is 3.62. The number of likely N-dealkylation sites (N-methyl/N-ethyl adjacent to an activating group) is 1. The van der Waals surface area contributed by atoms with Crippen LogP contribution < -0.4 is 25.0 Å². The summed E-state index contributed by atoms with van der Waals surface area (Å²) in [6, 6.07) is 10.7. The number of methoxy groups -OCH3 is 2. The number of ether oxygens (including phenoxy) is 3. The Labute approximate surface area is 192 Å². The number of aromatic nitrogens is 3. The van der Waals surface area contributed by atoms with Crippen LogP contribution in [-0.4, -0.2) is 55.3 Å². The summed E-state index contributed by atoms with van der Waals surface area (Å²) in [5.41, 5.74) is 1.27. The van der Waals surface area contributed by atoms with Gasteiger partial charge in [-0.25, -0.2) is 9.97 Å². The number of carbonyl (C=O) groups is 1. The summed E-state index contributed by atoms with van der Waals surface area (Å²) < 4.78 is 16.3. The molecule has 10 nitrogen and oxygen atoms in total. The topological polar surface area (TPSA) is 111 Å². The predicted molar refractivity (Wildman–Crippen MR) is 127 cm³/mol. The van der Waals surface area contributed by atoms with Crippen molar-refractivity contribution in [3.05, 3.63) is 61.4 Å². The Bertz CT molecular complexity index is 1090. The number of benzene rings is 1. The van der Waals surface area contributed by atoms with Gasteiger partial charge in [0, 0.05) is 32.5 Å². The van der Waals surface area contributed by atoms with Gasteiger partial charge in [0.15, 0.2) is 5.75 Å². The zero-order valence-electron chi connectivity index (χ0n) is 18.7. The van der Waals surface area contributed by atoms with Crippen molar-refractivity contribution in [2.45, 2.75) is 0 Å². The second-order valence-electron chi connectivity index (χ2n) is 6.83. The van der Waals surface area contributed by atoms with E-state index in [4.69, 9.17) is 14.2 Å². The highest BCUT2D eigenvalue weighted by Gasteiger charge is 2.12. The molecule has 0 radical (unpaired) electrons. The summed E-state index contributed by atoms with van der Waals surface area (Å²) in [4.78, 5) is 26.7. The number of hydrogen-bond acceptors (Lipinski definition) is 9. The summed E-state index contributed by atoms with van der Waals surface area (Å²) in [5, 5.41) is 5.79. The van der Waals surface area contributed by atoms with Gasteiger partial charge in [-0.1, -0.05) is 12.6 Å². The van der Waals surface area contributed by atoms with Gasteiger partial charge in [-0.15, -0.1) is 0 Å². The number of carbonyl (C=O) groups excluding carboxylic acids is 1. The third-order valence-corrected chi connectivity index (χ3v) is 4.47. The maximum absolute atomic E-state index is 11.5. The second-order valence-corrected chi connectivity index (χ2v) is 6.83. The van der Waals surface area contributed by atoms with Crippen LogP contribution in [0.5, 0.6) is 17.4 Å². The molecule has 0 fully saturated rings.